The van der Waals surface area contributed by atoms with Gasteiger partial charge in [0.2, 0.25) is 5.89 Å². The van der Waals surface area contributed by atoms with Gasteiger partial charge < -0.3 is 10.3 Å². The zero-order chi connectivity index (χ0) is 12.6. The molecule has 0 aromatic carbocycles. The number of nitrogens with zero attached hydrogens (tertiary/aromatic N) is 3. The van der Waals surface area contributed by atoms with Gasteiger partial charge in [0.1, 0.15) is 0 Å². The maximum Gasteiger partial charge on any atom is 0.240 e. The highest BCUT2D eigenvalue weighted by atomic mass is 16.5. The summed E-state index contributed by atoms with van der Waals surface area (Å²) < 4.78 is 5.25. The van der Waals surface area contributed by atoms with Crippen molar-refractivity contribution in [3.63, 3.8) is 0 Å². The quantitative estimate of drug-likeness (QED) is 0.864. The third kappa shape index (κ3) is 2.84. The fourth-order valence-corrected chi connectivity index (χ4v) is 2.36. The first kappa shape index (κ1) is 12.5. The maximum absolute atomic E-state index is 5.93. The molecule has 5 heteroatoms. The van der Waals surface area contributed by atoms with E-state index in [-0.39, 0.29) is 0 Å². The molecule has 0 radical (unpaired) electrons. The zero-order valence-corrected chi connectivity index (χ0v) is 11.1. The molecule has 1 aliphatic rings. The average molecular weight is 238 g/mol. The number of hydrogen-bond acceptors (Lipinski definition) is 5. The predicted octanol–water partition coefficient (Wildman–Crippen LogP) is 1.49. The highest BCUT2D eigenvalue weighted by Gasteiger charge is 2.28. The van der Waals surface area contributed by atoms with Crippen molar-refractivity contribution in [3.8, 4) is 0 Å². The van der Waals surface area contributed by atoms with Crippen LogP contribution in [-0.4, -0.2) is 27.6 Å². The van der Waals surface area contributed by atoms with Crippen LogP contribution in [0.1, 0.15) is 45.8 Å². The van der Waals surface area contributed by atoms with E-state index in [2.05, 4.69) is 28.9 Å². The van der Waals surface area contributed by atoms with E-state index in [1.807, 2.05) is 13.8 Å². The lowest BCUT2D eigenvalue weighted by atomic mass is 10.1. The summed E-state index contributed by atoms with van der Waals surface area (Å²) in [6.07, 6.45) is 1.24. The van der Waals surface area contributed by atoms with E-state index in [9.17, 15) is 0 Å². The summed E-state index contributed by atoms with van der Waals surface area (Å²) in [5, 5.41) is 3.94. The Hall–Kier alpha value is -0.940. The van der Waals surface area contributed by atoms with Crippen LogP contribution < -0.4 is 5.73 Å². The standard InChI is InChI=1S/C12H22N4O/c1-8-5-9(2)16(6-8)7-10-14-11(15-17-10)12(3,4)13/h8-9H,5-7,13H2,1-4H3. The van der Waals surface area contributed by atoms with E-state index in [1.54, 1.807) is 0 Å². The molecule has 0 spiro atoms. The molecule has 2 atom stereocenters. The highest BCUT2D eigenvalue weighted by Crippen LogP contribution is 2.24. The van der Waals surface area contributed by atoms with Gasteiger partial charge in [0, 0.05) is 12.6 Å². The molecule has 96 valence electrons. The molecule has 0 amide bonds. The van der Waals surface area contributed by atoms with Gasteiger partial charge in [-0.3, -0.25) is 4.90 Å². The van der Waals surface area contributed by atoms with Crippen LogP contribution in [0.25, 0.3) is 0 Å². The van der Waals surface area contributed by atoms with E-state index in [0.29, 0.717) is 17.8 Å². The predicted molar refractivity (Wildman–Crippen MR) is 65.2 cm³/mol. The second-order valence-electron chi connectivity index (χ2n) is 5.85. The van der Waals surface area contributed by atoms with Gasteiger partial charge in [-0.2, -0.15) is 4.98 Å². The largest absolute Gasteiger partial charge is 0.338 e. The molecule has 1 saturated heterocycles. The molecule has 0 bridgehead atoms. The minimum atomic E-state index is -0.536. The first-order valence-electron chi connectivity index (χ1n) is 6.22. The second-order valence-corrected chi connectivity index (χ2v) is 5.85. The zero-order valence-electron chi connectivity index (χ0n) is 11.1. The number of likely N-dealkylation sites (tertiary alicyclic amines) is 1. The lowest BCUT2D eigenvalue weighted by Crippen LogP contribution is -2.30. The molecule has 5 nitrogen and oxygen atoms in total. The lowest BCUT2D eigenvalue weighted by molar-refractivity contribution is 0.218. The third-order valence-corrected chi connectivity index (χ3v) is 3.30. The lowest BCUT2D eigenvalue weighted by Gasteiger charge is -2.18. The third-order valence-electron chi connectivity index (χ3n) is 3.30. The monoisotopic (exact) mass is 238 g/mol. The van der Waals surface area contributed by atoms with Crippen LogP contribution in [0.3, 0.4) is 0 Å². The van der Waals surface area contributed by atoms with Crippen LogP contribution in [-0.2, 0) is 12.1 Å². The van der Waals surface area contributed by atoms with Gasteiger partial charge in [-0.05, 0) is 33.1 Å². The van der Waals surface area contributed by atoms with Crippen LogP contribution in [0.15, 0.2) is 4.52 Å². The minimum absolute atomic E-state index is 0.536. The Morgan fingerprint density at radius 3 is 2.65 bits per heavy atom. The summed E-state index contributed by atoms with van der Waals surface area (Å²) in [5.74, 6) is 1.99. The van der Waals surface area contributed by atoms with E-state index in [4.69, 9.17) is 10.3 Å². The Morgan fingerprint density at radius 1 is 1.47 bits per heavy atom. The van der Waals surface area contributed by atoms with Crippen molar-refractivity contribution in [2.24, 2.45) is 11.7 Å². The van der Waals surface area contributed by atoms with Gasteiger partial charge in [-0.25, -0.2) is 0 Å². The Labute approximate surface area is 102 Å². The van der Waals surface area contributed by atoms with E-state index < -0.39 is 5.54 Å². The molecule has 1 fully saturated rings. The SMILES string of the molecule is CC1CC(C)N(Cc2nc(C(C)(C)N)no2)C1. The molecule has 0 saturated carbocycles. The summed E-state index contributed by atoms with van der Waals surface area (Å²) in [5.41, 5.74) is 5.39. The maximum atomic E-state index is 5.93. The smallest absolute Gasteiger partial charge is 0.240 e. The second kappa shape index (κ2) is 4.38. The van der Waals surface area contributed by atoms with Crippen LogP contribution in [0.2, 0.25) is 0 Å². The molecular weight excluding hydrogens is 216 g/mol. The molecular formula is C12H22N4O. The number of nitrogens with two attached hydrogens (primary N) is 1. The van der Waals surface area contributed by atoms with Crippen molar-refractivity contribution in [2.75, 3.05) is 6.54 Å². The Balaban J connectivity index is 2.02. The van der Waals surface area contributed by atoms with Gasteiger partial charge in [0.15, 0.2) is 5.82 Å². The number of hydrogen-bond donors (Lipinski definition) is 1. The normalized spacial score (nSPS) is 26.6. The fourth-order valence-electron chi connectivity index (χ4n) is 2.36. The molecule has 1 aliphatic heterocycles. The first-order chi connectivity index (χ1) is 7.86. The Morgan fingerprint density at radius 2 is 2.18 bits per heavy atom. The van der Waals surface area contributed by atoms with Crippen LogP contribution in [0.5, 0.6) is 0 Å². The van der Waals surface area contributed by atoms with E-state index in [0.717, 1.165) is 19.0 Å². The average Bonchev–Trinajstić information content (AvgIpc) is 2.74. The van der Waals surface area contributed by atoms with Crippen molar-refractivity contribution in [1.29, 1.82) is 0 Å². The van der Waals surface area contributed by atoms with Crippen molar-refractivity contribution in [1.82, 2.24) is 15.0 Å². The van der Waals surface area contributed by atoms with Gasteiger partial charge in [0.25, 0.3) is 0 Å². The summed E-state index contributed by atoms with van der Waals surface area (Å²) in [6.45, 7) is 10.1. The van der Waals surface area contributed by atoms with Crippen molar-refractivity contribution in [3.05, 3.63) is 11.7 Å². The molecule has 0 aliphatic carbocycles. The fraction of sp³-hybridized carbons (Fsp3) is 0.833. The van der Waals surface area contributed by atoms with Gasteiger partial charge in [0.05, 0.1) is 12.1 Å². The summed E-state index contributed by atoms with van der Waals surface area (Å²) in [6, 6.07) is 0.589. The van der Waals surface area contributed by atoms with E-state index >= 15 is 0 Å². The van der Waals surface area contributed by atoms with Crippen molar-refractivity contribution in [2.45, 2.75) is 52.2 Å². The Bertz CT molecular complexity index is 382. The molecule has 2 rings (SSSR count). The van der Waals surface area contributed by atoms with Gasteiger partial charge in [-0.1, -0.05) is 12.1 Å². The highest BCUT2D eigenvalue weighted by molar-refractivity contribution is 4.99. The van der Waals surface area contributed by atoms with Crippen molar-refractivity contribution < 1.29 is 4.52 Å². The van der Waals surface area contributed by atoms with Gasteiger partial charge in [-0.15, -0.1) is 0 Å². The molecule has 2 heterocycles. The summed E-state index contributed by atoms with van der Waals surface area (Å²) in [7, 11) is 0. The molecule has 17 heavy (non-hydrogen) atoms. The molecule has 2 N–H and O–H groups in total. The molecule has 1 aromatic heterocycles. The van der Waals surface area contributed by atoms with E-state index in [1.165, 1.54) is 6.42 Å². The summed E-state index contributed by atoms with van der Waals surface area (Å²) >= 11 is 0. The first-order valence-corrected chi connectivity index (χ1v) is 6.22. The Kier molecular flexibility index (Phi) is 3.23. The minimum Gasteiger partial charge on any atom is -0.338 e. The topological polar surface area (TPSA) is 68.2 Å². The molecule has 2 unspecified atom stereocenters. The van der Waals surface area contributed by atoms with Crippen LogP contribution >= 0.6 is 0 Å². The van der Waals surface area contributed by atoms with Crippen molar-refractivity contribution >= 4 is 0 Å². The van der Waals surface area contributed by atoms with Gasteiger partial charge >= 0.3 is 0 Å². The molecule has 1 aromatic rings. The summed E-state index contributed by atoms with van der Waals surface area (Å²) in [4.78, 5) is 6.74. The van der Waals surface area contributed by atoms with Crippen LogP contribution in [0.4, 0.5) is 0 Å². The number of aromatic nitrogens is 2. The number of rotatable bonds is 3. The van der Waals surface area contributed by atoms with Crippen LogP contribution in [0, 0.1) is 5.92 Å².